The molecule has 0 saturated carbocycles. The maximum absolute atomic E-state index is 9.28. The van der Waals surface area contributed by atoms with Crippen LogP contribution in [0, 0.1) is 0 Å². The zero-order chi connectivity index (χ0) is 8.27. The molecule has 0 fully saturated rings. The number of nitrogens with one attached hydrogen (secondary N) is 1. The molecule has 11 heavy (non-hydrogen) atoms. The maximum Gasteiger partial charge on any atom is 0.291 e. The summed E-state index contributed by atoms with van der Waals surface area (Å²) in [4.78, 5) is 4.02. The van der Waals surface area contributed by atoms with E-state index in [-0.39, 0.29) is 5.88 Å². The van der Waals surface area contributed by atoms with Crippen LogP contribution in [-0.2, 0) is 4.74 Å². The third-order valence-corrected chi connectivity index (χ3v) is 1.59. The van der Waals surface area contributed by atoms with E-state index < -0.39 is 0 Å². The van der Waals surface area contributed by atoms with Crippen LogP contribution in [-0.4, -0.2) is 24.8 Å². The van der Waals surface area contributed by atoms with E-state index in [2.05, 4.69) is 10.3 Å². The molecule has 0 aromatic carbocycles. The van der Waals surface area contributed by atoms with Gasteiger partial charge in [0.25, 0.3) is 6.02 Å². The monoisotopic (exact) mass is 156 g/mol. The topological polar surface area (TPSA) is 53.8 Å². The van der Waals surface area contributed by atoms with E-state index in [1.807, 2.05) is 6.92 Å². The van der Waals surface area contributed by atoms with Gasteiger partial charge in [0.2, 0.25) is 0 Å². The predicted molar refractivity (Wildman–Crippen MR) is 42.4 cm³/mol. The zero-order valence-corrected chi connectivity index (χ0v) is 6.72. The summed E-state index contributed by atoms with van der Waals surface area (Å²) in [5.74, 6) is 0.180. The minimum atomic E-state index is 0.180. The number of nitrogens with zero attached hydrogens (tertiary/aromatic N) is 1. The first-order chi connectivity index (χ1) is 5.27. The van der Waals surface area contributed by atoms with Gasteiger partial charge in [-0.1, -0.05) is 6.92 Å². The molecule has 0 radical (unpaired) electrons. The second-order valence-corrected chi connectivity index (χ2v) is 2.26. The fourth-order valence-electron chi connectivity index (χ4n) is 0.866. The predicted octanol–water partition coefficient (Wildman–Crippen LogP) is 0.772. The Morgan fingerprint density at radius 1 is 1.73 bits per heavy atom. The molecule has 1 heterocycles. The van der Waals surface area contributed by atoms with Crippen molar-refractivity contribution < 1.29 is 9.84 Å². The lowest BCUT2D eigenvalue weighted by Gasteiger charge is -2.15. The van der Waals surface area contributed by atoms with Crippen molar-refractivity contribution >= 4 is 6.02 Å². The molecule has 4 heteroatoms. The number of hydrogen-bond donors (Lipinski definition) is 2. The van der Waals surface area contributed by atoms with Gasteiger partial charge in [0.15, 0.2) is 5.88 Å². The normalized spacial score (nSPS) is 17.5. The van der Waals surface area contributed by atoms with Gasteiger partial charge >= 0.3 is 0 Å². The van der Waals surface area contributed by atoms with Gasteiger partial charge in [-0.15, -0.1) is 0 Å². The van der Waals surface area contributed by atoms with Crippen molar-refractivity contribution in [2.75, 3.05) is 13.7 Å². The Hall–Kier alpha value is -1.19. The number of rotatable bonds is 1. The summed E-state index contributed by atoms with van der Waals surface area (Å²) in [5, 5.41) is 11.9. The summed E-state index contributed by atoms with van der Waals surface area (Å²) in [7, 11) is 1.51. The lowest BCUT2D eigenvalue weighted by atomic mass is 10.2. The lowest BCUT2D eigenvalue weighted by molar-refractivity contribution is 0.329. The van der Waals surface area contributed by atoms with Crippen LogP contribution in [0.1, 0.15) is 13.3 Å². The first-order valence-corrected chi connectivity index (χ1v) is 3.54. The summed E-state index contributed by atoms with van der Waals surface area (Å²) in [6.07, 6.45) is 0.805. The first-order valence-electron chi connectivity index (χ1n) is 3.54. The summed E-state index contributed by atoms with van der Waals surface area (Å²) < 4.78 is 4.80. The SMILES string of the molecule is CCC1=C(O)NC(OC)=NC1. The van der Waals surface area contributed by atoms with Crippen molar-refractivity contribution in [3.05, 3.63) is 11.5 Å². The highest BCUT2D eigenvalue weighted by atomic mass is 16.5. The van der Waals surface area contributed by atoms with Crippen molar-refractivity contribution in [3.8, 4) is 0 Å². The number of aliphatic imine (C=N–C) groups is 1. The molecule has 0 saturated heterocycles. The number of amidine groups is 1. The molecule has 0 aromatic rings. The minimum absolute atomic E-state index is 0.180. The molecule has 0 bridgehead atoms. The highest BCUT2D eigenvalue weighted by molar-refractivity contribution is 5.76. The van der Waals surface area contributed by atoms with Gasteiger partial charge in [-0.25, -0.2) is 4.99 Å². The minimum Gasteiger partial charge on any atom is -0.494 e. The van der Waals surface area contributed by atoms with Gasteiger partial charge in [-0.2, -0.15) is 0 Å². The molecule has 0 spiro atoms. The quantitative estimate of drug-likeness (QED) is 0.589. The van der Waals surface area contributed by atoms with Crippen LogP contribution in [0.4, 0.5) is 0 Å². The second kappa shape index (κ2) is 3.27. The van der Waals surface area contributed by atoms with Crippen molar-refractivity contribution in [2.24, 2.45) is 4.99 Å². The van der Waals surface area contributed by atoms with Crippen LogP contribution in [0.2, 0.25) is 0 Å². The number of hydrogen-bond acceptors (Lipinski definition) is 4. The Kier molecular flexibility index (Phi) is 2.36. The van der Waals surface area contributed by atoms with E-state index in [0.29, 0.717) is 12.6 Å². The van der Waals surface area contributed by atoms with Crippen molar-refractivity contribution in [3.63, 3.8) is 0 Å². The van der Waals surface area contributed by atoms with E-state index in [4.69, 9.17) is 4.74 Å². The third kappa shape index (κ3) is 1.63. The standard InChI is InChI=1S/C7H12N2O2/c1-3-5-4-8-7(11-2)9-6(5)10/h10H,3-4H2,1-2H3,(H,8,9). The molecule has 1 rings (SSSR count). The van der Waals surface area contributed by atoms with E-state index in [0.717, 1.165) is 12.0 Å². The number of methoxy groups -OCH3 is 1. The van der Waals surface area contributed by atoms with Crippen molar-refractivity contribution in [2.45, 2.75) is 13.3 Å². The fourth-order valence-corrected chi connectivity index (χ4v) is 0.866. The van der Waals surface area contributed by atoms with Crippen molar-refractivity contribution in [1.29, 1.82) is 0 Å². The Balaban J connectivity index is 2.63. The number of ether oxygens (including phenoxy) is 1. The summed E-state index contributed by atoms with van der Waals surface area (Å²) in [5.41, 5.74) is 0.908. The molecule has 0 aromatic heterocycles. The molecule has 0 aliphatic carbocycles. The Morgan fingerprint density at radius 2 is 2.45 bits per heavy atom. The van der Waals surface area contributed by atoms with Gasteiger partial charge < -0.3 is 9.84 Å². The largest absolute Gasteiger partial charge is 0.494 e. The fraction of sp³-hybridized carbons (Fsp3) is 0.571. The van der Waals surface area contributed by atoms with E-state index in [1.165, 1.54) is 7.11 Å². The average molecular weight is 156 g/mol. The number of aliphatic hydroxyl groups is 1. The first kappa shape index (κ1) is 7.91. The van der Waals surface area contributed by atoms with Crippen molar-refractivity contribution in [1.82, 2.24) is 5.32 Å². The summed E-state index contributed by atoms with van der Waals surface area (Å²) in [6.45, 7) is 2.50. The van der Waals surface area contributed by atoms with E-state index >= 15 is 0 Å². The Labute approximate surface area is 65.6 Å². The molecule has 0 amide bonds. The number of aliphatic hydroxyl groups excluding tert-OH is 1. The van der Waals surface area contributed by atoms with Crippen LogP contribution in [0.15, 0.2) is 16.4 Å². The van der Waals surface area contributed by atoms with Gasteiger partial charge in [-0.05, 0) is 6.42 Å². The lowest BCUT2D eigenvalue weighted by Crippen LogP contribution is -2.29. The Bertz CT molecular complexity index is 208. The molecule has 0 atom stereocenters. The zero-order valence-electron chi connectivity index (χ0n) is 6.72. The molecule has 1 aliphatic rings. The smallest absolute Gasteiger partial charge is 0.291 e. The van der Waals surface area contributed by atoms with Crippen LogP contribution in [0.25, 0.3) is 0 Å². The molecule has 2 N–H and O–H groups in total. The Morgan fingerprint density at radius 3 is 2.91 bits per heavy atom. The van der Waals surface area contributed by atoms with Gasteiger partial charge in [-0.3, -0.25) is 5.32 Å². The molecule has 62 valence electrons. The molecule has 1 aliphatic heterocycles. The average Bonchev–Trinajstić information content (AvgIpc) is 2.04. The third-order valence-electron chi connectivity index (χ3n) is 1.59. The molecular formula is C7H12N2O2. The maximum atomic E-state index is 9.28. The van der Waals surface area contributed by atoms with Gasteiger partial charge in [0, 0.05) is 5.57 Å². The van der Waals surface area contributed by atoms with Crippen LogP contribution < -0.4 is 5.32 Å². The van der Waals surface area contributed by atoms with E-state index in [1.54, 1.807) is 0 Å². The van der Waals surface area contributed by atoms with Gasteiger partial charge in [0.05, 0.1) is 13.7 Å². The van der Waals surface area contributed by atoms with Crippen LogP contribution >= 0.6 is 0 Å². The van der Waals surface area contributed by atoms with E-state index in [9.17, 15) is 5.11 Å². The molecule has 0 unspecified atom stereocenters. The molecule has 4 nitrogen and oxygen atoms in total. The van der Waals surface area contributed by atoms with Crippen LogP contribution in [0.5, 0.6) is 0 Å². The molecular weight excluding hydrogens is 144 g/mol. The summed E-state index contributed by atoms with van der Waals surface area (Å²) >= 11 is 0. The summed E-state index contributed by atoms with van der Waals surface area (Å²) in [6, 6.07) is 0.375. The van der Waals surface area contributed by atoms with Crippen LogP contribution in [0.3, 0.4) is 0 Å². The second-order valence-electron chi connectivity index (χ2n) is 2.26. The van der Waals surface area contributed by atoms with Gasteiger partial charge in [0.1, 0.15) is 0 Å². The highest BCUT2D eigenvalue weighted by Crippen LogP contribution is 2.08. The highest BCUT2D eigenvalue weighted by Gasteiger charge is 2.11.